The number of hydrogen-bond acceptors (Lipinski definition) is 2. The van der Waals surface area contributed by atoms with Crippen LogP contribution in [0.4, 0.5) is 13.2 Å². The summed E-state index contributed by atoms with van der Waals surface area (Å²) < 4.78 is 37.7. The van der Waals surface area contributed by atoms with Gasteiger partial charge in [0.25, 0.3) is 0 Å². The van der Waals surface area contributed by atoms with Crippen molar-refractivity contribution in [2.45, 2.75) is 51.9 Å². The van der Waals surface area contributed by atoms with Crippen LogP contribution in [0.2, 0.25) is 5.02 Å². The zero-order valence-corrected chi connectivity index (χ0v) is 11.0. The van der Waals surface area contributed by atoms with Crippen LogP contribution in [-0.2, 0) is 13.0 Å². The van der Waals surface area contributed by atoms with Crippen LogP contribution < -0.4 is 0 Å². The Hall–Kier alpha value is -0.750. The molecule has 1 aromatic heterocycles. The standard InChI is InChI=1S/C11H16ClF3N2O/c1-3-17-9(10(12)7(2)16-17)6-8(18)4-5-11(13,14)15/h8,18H,3-6H2,1-2H3. The molecular weight excluding hydrogens is 269 g/mol. The van der Waals surface area contributed by atoms with Gasteiger partial charge in [0, 0.05) is 19.4 Å². The third kappa shape index (κ3) is 4.17. The smallest absolute Gasteiger partial charge is 0.389 e. The van der Waals surface area contributed by atoms with Gasteiger partial charge >= 0.3 is 6.18 Å². The molecule has 104 valence electrons. The maximum absolute atomic E-state index is 12.0. The van der Waals surface area contributed by atoms with Gasteiger partial charge in [-0.25, -0.2) is 0 Å². The molecular formula is C11H16ClF3N2O. The lowest BCUT2D eigenvalue weighted by Gasteiger charge is -2.13. The van der Waals surface area contributed by atoms with E-state index in [4.69, 9.17) is 11.6 Å². The number of nitrogens with zero attached hydrogens (tertiary/aromatic N) is 2. The van der Waals surface area contributed by atoms with Crippen molar-refractivity contribution in [2.24, 2.45) is 0 Å². The number of rotatable bonds is 5. The number of aryl methyl sites for hydroxylation is 2. The average Bonchev–Trinajstić information content (AvgIpc) is 2.53. The lowest BCUT2D eigenvalue weighted by Crippen LogP contribution is -2.18. The molecule has 0 aliphatic heterocycles. The van der Waals surface area contributed by atoms with Gasteiger partial charge in [0.2, 0.25) is 0 Å². The Morgan fingerprint density at radius 2 is 2.06 bits per heavy atom. The number of aliphatic hydroxyl groups is 1. The van der Waals surface area contributed by atoms with Crippen molar-refractivity contribution in [3.05, 3.63) is 16.4 Å². The highest BCUT2D eigenvalue weighted by molar-refractivity contribution is 6.31. The summed E-state index contributed by atoms with van der Waals surface area (Å²) in [5.41, 5.74) is 1.21. The molecule has 0 saturated heterocycles. The Kier molecular flexibility index (Phi) is 5.04. The number of aromatic nitrogens is 2. The average molecular weight is 285 g/mol. The summed E-state index contributed by atoms with van der Waals surface area (Å²) in [7, 11) is 0. The summed E-state index contributed by atoms with van der Waals surface area (Å²) in [6.07, 6.45) is -6.54. The van der Waals surface area contributed by atoms with Gasteiger partial charge in [0.15, 0.2) is 0 Å². The largest absolute Gasteiger partial charge is 0.393 e. The highest BCUT2D eigenvalue weighted by atomic mass is 35.5. The topological polar surface area (TPSA) is 38.0 Å². The molecule has 0 aromatic carbocycles. The van der Waals surface area contributed by atoms with Gasteiger partial charge < -0.3 is 5.11 Å². The van der Waals surface area contributed by atoms with Crippen molar-refractivity contribution in [1.29, 1.82) is 0 Å². The van der Waals surface area contributed by atoms with E-state index in [0.717, 1.165) is 0 Å². The molecule has 18 heavy (non-hydrogen) atoms. The van der Waals surface area contributed by atoms with Crippen LogP contribution in [-0.4, -0.2) is 27.2 Å². The molecule has 1 N–H and O–H groups in total. The van der Waals surface area contributed by atoms with Crippen molar-refractivity contribution >= 4 is 11.6 Å². The van der Waals surface area contributed by atoms with Gasteiger partial charge in [-0.2, -0.15) is 18.3 Å². The molecule has 0 radical (unpaired) electrons. The normalized spacial score (nSPS) is 13.9. The minimum absolute atomic E-state index is 0.0869. The van der Waals surface area contributed by atoms with Crippen LogP contribution in [0.1, 0.15) is 31.2 Å². The van der Waals surface area contributed by atoms with Gasteiger partial charge in [0.1, 0.15) is 0 Å². The lowest BCUT2D eigenvalue weighted by molar-refractivity contribution is -0.139. The second-order valence-electron chi connectivity index (χ2n) is 4.17. The SMILES string of the molecule is CCn1nc(C)c(Cl)c1CC(O)CCC(F)(F)F. The predicted molar refractivity (Wildman–Crippen MR) is 62.6 cm³/mol. The van der Waals surface area contributed by atoms with Crippen LogP contribution in [0.15, 0.2) is 0 Å². The minimum atomic E-state index is -4.24. The zero-order chi connectivity index (χ0) is 13.9. The van der Waals surface area contributed by atoms with Crippen LogP contribution >= 0.6 is 11.6 Å². The summed E-state index contributed by atoms with van der Waals surface area (Å²) >= 11 is 6.01. The van der Waals surface area contributed by atoms with E-state index < -0.39 is 18.7 Å². The Morgan fingerprint density at radius 1 is 1.44 bits per heavy atom. The molecule has 7 heteroatoms. The van der Waals surface area contributed by atoms with E-state index in [1.807, 2.05) is 6.92 Å². The molecule has 1 heterocycles. The Morgan fingerprint density at radius 3 is 2.56 bits per heavy atom. The van der Waals surface area contributed by atoms with Crippen molar-refractivity contribution in [3.8, 4) is 0 Å². The number of aliphatic hydroxyl groups excluding tert-OH is 1. The van der Waals surface area contributed by atoms with E-state index in [9.17, 15) is 18.3 Å². The van der Waals surface area contributed by atoms with E-state index in [0.29, 0.717) is 23.0 Å². The fourth-order valence-electron chi connectivity index (χ4n) is 1.72. The lowest BCUT2D eigenvalue weighted by atomic mass is 10.1. The molecule has 1 aromatic rings. The highest BCUT2D eigenvalue weighted by Crippen LogP contribution is 2.25. The van der Waals surface area contributed by atoms with Crippen LogP contribution in [0, 0.1) is 6.92 Å². The monoisotopic (exact) mass is 284 g/mol. The maximum atomic E-state index is 12.0. The summed E-state index contributed by atoms with van der Waals surface area (Å²) in [6, 6.07) is 0. The van der Waals surface area contributed by atoms with E-state index in [1.165, 1.54) is 0 Å². The molecule has 0 saturated carbocycles. The molecule has 0 aliphatic carbocycles. The van der Waals surface area contributed by atoms with Crippen molar-refractivity contribution in [1.82, 2.24) is 9.78 Å². The number of halogens is 4. The van der Waals surface area contributed by atoms with Crippen LogP contribution in [0.5, 0.6) is 0 Å². The van der Waals surface area contributed by atoms with E-state index in [-0.39, 0.29) is 12.8 Å². The number of hydrogen-bond donors (Lipinski definition) is 1. The van der Waals surface area contributed by atoms with Crippen LogP contribution in [0.3, 0.4) is 0 Å². The van der Waals surface area contributed by atoms with E-state index in [2.05, 4.69) is 5.10 Å². The van der Waals surface area contributed by atoms with Gasteiger partial charge in [-0.3, -0.25) is 4.68 Å². The fourth-order valence-corrected chi connectivity index (χ4v) is 1.93. The fraction of sp³-hybridized carbons (Fsp3) is 0.727. The van der Waals surface area contributed by atoms with E-state index >= 15 is 0 Å². The third-order valence-electron chi connectivity index (χ3n) is 2.64. The highest BCUT2D eigenvalue weighted by Gasteiger charge is 2.28. The van der Waals surface area contributed by atoms with Gasteiger partial charge in [0.05, 0.1) is 22.5 Å². The number of alkyl halides is 3. The molecule has 0 spiro atoms. The second kappa shape index (κ2) is 5.93. The van der Waals surface area contributed by atoms with Gasteiger partial charge in [-0.15, -0.1) is 0 Å². The molecule has 1 atom stereocenters. The quantitative estimate of drug-likeness (QED) is 0.902. The first-order valence-corrected chi connectivity index (χ1v) is 6.09. The molecule has 0 bridgehead atoms. The van der Waals surface area contributed by atoms with Crippen molar-refractivity contribution < 1.29 is 18.3 Å². The van der Waals surface area contributed by atoms with Crippen molar-refractivity contribution in [2.75, 3.05) is 0 Å². The van der Waals surface area contributed by atoms with Crippen LogP contribution in [0.25, 0.3) is 0 Å². The predicted octanol–water partition coefficient (Wildman–Crippen LogP) is 3.11. The molecule has 0 aliphatic rings. The Balaban J connectivity index is 2.67. The molecule has 0 amide bonds. The van der Waals surface area contributed by atoms with Gasteiger partial charge in [-0.05, 0) is 20.3 Å². The second-order valence-corrected chi connectivity index (χ2v) is 4.55. The summed E-state index contributed by atoms with van der Waals surface area (Å²) in [6.45, 7) is 4.14. The summed E-state index contributed by atoms with van der Waals surface area (Å²) in [4.78, 5) is 0. The molecule has 1 unspecified atom stereocenters. The molecule has 1 rings (SSSR count). The first-order valence-electron chi connectivity index (χ1n) is 5.71. The Bertz CT molecular complexity index is 404. The third-order valence-corrected chi connectivity index (χ3v) is 3.13. The summed E-state index contributed by atoms with van der Waals surface area (Å²) in [5, 5.41) is 14.2. The minimum Gasteiger partial charge on any atom is -0.393 e. The zero-order valence-electron chi connectivity index (χ0n) is 10.3. The first-order chi connectivity index (χ1) is 8.24. The summed E-state index contributed by atoms with van der Waals surface area (Å²) in [5.74, 6) is 0. The Labute approximate surface area is 109 Å². The molecule has 0 fully saturated rings. The van der Waals surface area contributed by atoms with E-state index in [1.54, 1.807) is 11.6 Å². The van der Waals surface area contributed by atoms with Crippen molar-refractivity contribution in [3.63, 3.8) is 0 Å². The first kappa shape index (κ1) is 15.3. The maximum Gasteiger partial charge on any atom is 0.389 e. The van der Waals surface area contributed by atoms with Gasteiger partial charge in [-0.1, -0.05) is 11.6 Å². The molecule has 3 nitrogen and oxygen atoms in total.